The van der Waals surface area contributed by atoms with Gasteiger partial charge < -0.3 is 14.2 Å². The monoisotopic (exact) mass is 376 g/mol. The molecule has 4 rings (SSSR count). The Kier molecular flexibility index (Phi) is 4.30. The molecule has 2 heterocycles. The fourth-order valence-corrected chi connectivity index (χ4v) is 3.74. The molecule has 0 radical (unpaired) electrons. The third-order valence-corrected chi connectivity index (χ3v) is 5.30. The summed E-state index contributed by atoms with van der Waals surface area (Å²) >= 11 is 0. The number of carbonyl (C=O) groups is 1. The second-order valence-electron chi connectivity index (χ2n) is 7.76. The third kappa shape index (κ3) is 2.99. The smallest absolute Gasteiger partial charge is 0.193 e. The van der Waals surface area contributed by atoms with Crippen LogP contribution in [0.15, 0.2) is 36.4 Å². The molecule has 0 N–H and O–H groups in total. The zero-order valence-corrected chi connectivity index (χ0v) is 16.9. The maximum Gasteiger partial charge on any atom is 0.193 e. The van der Waals surface area contributed by atoms with Crippen molar-refractivity contribution in [2.45, 2.75) is 33.3 Å². The van der Waals surface area contributed by atoms with E-state index in [4.69, 9.17) is 14.2 Å². The molecular formula is C24H24O4. The largest absolute Gasteiger partial charge is 0.496 e. The summed E-state index contributed by atoms with van der Waals surface area (Å²) in [4.78, 5) is 13.5. The second-order valence-corrected chi connectivity index (χ2v) is 7.76. The molecule has 4 heteroatoms. The average molecular weight is 376 g/mol. The first-order valence-corrected chi connectivity index (χ1v) is 9.39. The van der Waals surface area contributed by atoms with E-state index in [1.807, 2.05) is 70.2 Å². The lowest BCUT2D eigenvalue weighted by Gasteiger charge is -2.29. The van der Waals surface area contributed by atoms with Gasteiger partial charge in [0.1, 0.15) is 29.5 Å². The number of hydrogen-bond acceptors (Lipinski definition) is 4. The van der Waals surface area contributed by atoms with Crippen molar-refractivity contribution < 1.29 is 19.0 Å². The lowest BCUT2D eigenvalue weighted by Crippen LogP contribution is -2.28. The lowest BCUT2D eigenvalue weighted by atomic mass is 9.88. The van der Waals surface area contributed by atoms with Crippen LogP contribution in [-0.2, 0) is 0 Å². The summed E-state index contributed by atoms with van der Waals surface area (Å²) in [5, 5.41) is 0. The summed E-state index contributed by atoms with van der Waals surface area (Å²) in [7, 11) is 1.63. The summed E-state index contributed by atoms with van der Waals surface area (Å²) < 4.78 is 17.2. The first-order chi connectivity index (χ1) is 13.3. The van der Waals surface area contributed by atoms with E-state index in [9.17, 15) is 4.79 Å². The highest BCUT2D eigenvalue weighted by Crippen LogP contribution is 2.39. The average Bonchev–Trinajstić information content (AvgIpc) is 2.65. The molecule has 4 nitrogen and oxygen atoms in total. The number of methoxy groups -OCH3 is 1. The van der Waals surface area contributed by atoms with Crippen molar-refractivity contribution >= 4 is 17.4 Å². The van der Waals surface area contributed by atoms with Crippen molar-refractivity contribution in [2.24, 2.45) is 0 Å². The van der Waals surface area contributed by atoms with Gasteiger partial charge in [0, 0.05) is 22.3 Å². The van der Waals surface area contributed by atoms with Crippen LogP contribution >= 0.6 is 0 Å². The molecule has 28 heavy (non-hydrogen) atoms. The molecule has 0 saturated heterocycles. The number of rotatable bonds is 3. The Morgan fingerprint density at radius 2 is 1.93 bits per heavy atom. The number of fused-ring (bicyclic) bond motifs is 2. The molecule has 2 aromatic carbocycles. The van der Waals surface area contributed by atoms with Gasteiger partial charge in [-0.15, -0.1) is 0 Å². The van der Waals surface area contributed by atoms with Gasteiger partial charge >= 0.3 is 0 Å². The minimum Gasteiger partial charge on any atom is -0.496 e. The zero-order valence-electron chi connectivity index (χ0n) is 16.9. The Morgan fingerprint density at radius 3 is 2.68 bits per heavy atom. The molecule has 144 valence electrons. The highest BCUT2D eigenvalue weighted by Gasteiger charge is 2.27. The van der Waals surface area contributed by atoms with Crippen LogP contribution in [0.3, 0.4) is 0 Å². The maximum atomic E-state index is 13.5. The molecule has 0 atom stereocenters. The summed E-state index contributed by atoms with van der Waals surface area (Å²) in [5.74, 6) is 2.24. The van der Waals surface area contributed by atoms with Crippen LogP contribution in [0.1, 0.15) is 46.5 Å². The van der Waals surface area contributed by atoms with Crippen molar-refractivity contribution in [3.05, 3.63) is 64.2 Å². The molecular weight excluding hydrogens is 352 g/mol. The SMILES string of the molecule is COc1cc2c(cc1C)OCC=C2C(=O)c1ccc2c(c1C)C=CC(C)(C)O2. The van der Waals surface area contributed by atoms with Crippen molar-refractivity contribution in [3.63, 3.8) is 0 Å². The Hall–Kier alpha value is -3.01. The molecule has 0 fully saturated rings. The van der Waals surface area contributed by atoms with E-state index in [0.717, 1.165) is 33.8 Å². The summed E-state index contributed by atoms with van der Waals surface area (Å²) in [6, 6.07) is 7.55. The van der Waals surface area contributed by atoms with Crippen LogP contribution in [-0.4, -0.2) is 25.1 Å². The van der Waals surface area contributed by atoms with Gasteiger partial charge in [-0.3, -0.25) is 4.79 Å². The fraction of sp³-hybridized carbons (Fsp3) is 0.292. The van der Waals surface area contributed by atoms with Crippen LogP contribution in [0.2, 0.25) is 0 Å². The fourth-order valence-electron chi connectivity index (χ4n) is 3.74. The van der Waals surface area contributed by atoms with E-state index in [0.29, 0.717) is 23.5 Å². The summed E-state index contributed by atoms with van der Waals surface area (Å²) in [6.07, 6.45) is 5.91. The number of allylic oxidation sites excluding steroid dienone is 1. The zero-order chi connectivity index (χ0) is 20.1. The first kappa shape index (κ1) is 18.4. The van der Waals surface area contributed by atoms with Gasteiger partial charge in [0.25, 0.3) is 0 Å². The molecule has 0 saturated carbocycles. The molecule has 0 aliphatic carbocycles. The van der Waals surface area contributed by atoms with Crippen LogP contribution in [0.25, 0.3) is 11.6 Å². The van der Waals surface area contributed by atoms with Crippen molar-refractivity contribution in [1.29, 1.82) is 0 Å². The van der Waals surface area contributed by atoms with E-state index in [1.54, 1.807) is 7.11 Å². The van der Waals surface area contributed by atoms with Gasteiger partial charge in [0.05, 0.1) is 7.11 Å². The Bertz CT molecular complexity index is 1040. The standard InChI is InChI=1S/C24H24O4/c1-14-12-22-19(13-21(14)26-5)18(9-11-27-22)23(25)17-6-7-20-16(15(17)2)8-10-24(3,4)28-20/h6-10,12-13H,11H2,1-5H3. The van der Waals surface area contributed by atoms with E-state index >= 15 is 0 Å². The van der Waals surface area contributed by atoms with Gasteiger partial charge in [-0.1, -0.05) is 6.08 Å². The van der Waals surface area contributed by atoms with E-state index < -0.39 is 0 Å². The summed E-state index contributed by atoms with van der Waals surface area (Å²) in [6.45, 7) is 8.33. The van der Waals surface area contributed by atoms with Crippen LogP contribution < -0.4 is 14.2 Å². The van der Waals surface area contributed by atoms with Gasteiger partial charge in [0.2, 0.25) is 0 Å². The topological polar surface area (TPSA) is 44.8 Å². The number of ether oxygens (including phenoxy) is 3. The molecule has 2 aliphatic heterocycles. The number of Topliss-reactive ketones (excluding diaryl/α,β-unsaturated/α-hetero) is 1. The second kappa shape index (κ2) is 6.55. The van der Waals surface area contributed by atoms with Crippen LogP contribution in [0, 0.1) is 13.8 Å². The summed E-state index contributed by atoms with van der Waals surface area (Å²) in [5.41, 5.74) is 4.59. The molecule has 0 spiro atoms. The minimum atomic E-state index is -0.346. The Morgan fingerprint density at radius 1 is 1.14 bits per heavy atom. The Balaban J connectivity index is 1.77. The number of carbonyl (C=O) groups excluding carboxylic acids is 1. The molecule has 2 aromatic rings. The molecule has 0 bridgehead atoms. The molecule has 2 aliphatic rings. The lowest BCUT2D eigenvalue weighted by molar-refractivity contribution is 0.105. The van der Waals surface area contributed by atoms with Crippen LogP contribution in [0.4, 0.5) is 0 Å². The number of aryl methyl sites for hydroxylation is 1. The Labute approximate surface area is 165 Å². The van der Waals surface area contributed by atoms with Gasteiger partial charge in [-0.25, -0.2) is 0 Å². The van der Waals surface area contributed by atoms with Crippen molar-refractivity contribution in [3.8, 4) is 17.2 Å². The molecule has 0 amide bonds. The van der Waals surface area contributed by atoms with Crippen LogP contribution in [0.5, 0.6) is 17.2 Å². The third-order valence-electron chi connectivity index (χ3n) is 5.30. The van der Waals surface area contributed by atoms with E-state index in [1.165, 1.54) is 0 Å². The predicted molar refractivity (Wildman–Crippen MR) is 110 cm³/mol. The normalized spacial score (nSPS) is 16.2. The maximum absolute atomic E-state index is 13.5. The van der Waals surface area contributed by atoms with Crippen molar-refractivity contribution in [2.75, 3.05) is 13.7 Å². The van der Waals surface area contributed by atoms with Gasteiger partial charge in [-0.05, 0) is 75.2 Å². The van der Waals surface area contributed by atoms with E-state index in [-0.39, 0.29) is 11.4 Å². The highest BCUT2D eigenvalue weighted by atomic mass is 16.5. The number of benzene rings is 2. The predicted octanol–water partition coefficient (Wildman–Crippen LogP) is 5.15. The van der Waals surface area contributed by atoms with Crippen molar-refractivity contribution in [1.82, 2.24) is 0 Å². The van der Waals surface area contributed by atoms with Gasteiger partial charge in [0.15, 0.2) is 5.78 Å². The molecule has 0 unspecified atom stereocenters. The number of ketones is 1. The first-order valence-electron chi connectivity index (χ1n) is 9.39. The molecule has 0 aromatic heterocycles. The van der Waals surface area contributed by atoms with Gasteiger partial charge in [-0.2, -0.15) is 0 Å². The quantitative estimate of drug-likeness (QED) is 0.695. The minimum absolute atomic E-state index is 0.0195. The highest BCUT2D eigenvalue weighted by molar-refractivity contribution is 6.30. The van der Waals surface area contributed by atoms with E-state index in [2.05, 4.69) is 0 Å². The number of hydrogen-bond donors (Lipinski definition) is 0.